The van der Waals surface area contributed by atoms with Gasteiger partial charge in [-0.2, -0.15) is 0 Å². The van der Waals surface area contributed by atoms with Crippen LogP contribution >= 0.6 is 0 Å². The molecule has 0 spiro atoms. The molecule has 134 valence electrons. The number of amides is 1. The van der Waals surface area contributed by atoms with Gasteiger partial charge in [0.15, 0.2) is 0 Å². The third-order valence-corrected chi connectivity index (χ3v) is 3.40. The Balaban J connectivity index is 2.13. The number of nitrogen functional groups attached to an aromatic ring is 1. The Morgan fingerprint density at radius 2 is 1.96 bits per heavy atom. The quantitative estimate of drug-likeness (QED) is 0.807. The standard InChI is InChI=1S/C19H24FN3O2/c1-19(2,3)25-18(24)22-15-8-9-16(21)17(11-15)23(4)12-13-6-5-7-14(20)10-13/h5-11H,12,21H2,1-4H3,(H,22,24). The normalized spacial score (nSPS) is 11.1. The minimum Gasteiger partial charge on any atom is -0.444 e. The summed E-state index contributed by atoms with van der Waals surface area (Å²) in [4.78, 5) is 13.8. The smallest absolute Gasteiger partial charge is 0.412 e. The lowest BCUT2D eigenvalue weighted by Crippen LogP contribution is -2.27. The first-order valence-electron chi connectivity index (χ1n) is 7.99. The van der Waals surface area contributed by atoms with Crippen LogP contribution in [-0.4, -0.2) is 18.7 Å². The lowest BCUT2D eigenvalue weighted by molar-refractivity contribution is 0.0636. The highest BCUT2D eigenvalue weighted by Gasteiger charge is 2.17. The number of rotatable bonds is 4. The summed E-state index contributed by atoms with van der Waals surface area (Å²) >= 11 is 0. The first-order chi connectivity index (χ1) is 11.6. The number of halogens is 1. The van der Waals surface area contributed by atoms with Crippen LogP contribution in [0.5, 0.6) is 0 Å². The van der Waals surface area contributed by atoms with Crippen molar-refractivity contribution in [2.24, 2.45) is 0 Å². The van der Waals surface area contributed by atoms with E-state index < -0.39 is 11.7 Å². The Labute approximate surface area is 147 Å². The fourth-order valence-electron chi connectivity index (χ4n) is 2.37. The lowest BCUT2D eigenvalue weighted by Gasteiger charge is -2.23. The molecule has 2 aromatic rings. The maximum Gasteiger partial charge on any atom is 0.412 e. The molecule has 0 radical (unpaired) electrons. The molecule has 6 heteroatoms. The molecular formula is C19H24FN3O2. The molecule has 2 aromatic carbocycles. The monoisotopic (exact) mass is 345 g/mol. The zero-order valence-corrected chi connectivity index (χ0v) is 15.0. The molecule has 0 aliphatic heterocycles. The summed E-state index contributed by atoms with van der Waals surface area (Å²) in [5, 5.41) is 2.69. The van der Waals surface area contributed by atoms with Gasteiger partial charge in [-0.1, -0.05) is 12.1 Å². The molecular weight excluding hydrogens is 321 g/mol. The van der Waals surface area contributed by atoms with Crippen molar-refractivity contribution in [1.29, 1.82) is 0 Å². The Bertz CT molecular complexity index is 757. The SMILES string of the molecule is CN(Cc1cccc(F)c1)c1cc(NC(=O)OC(C)(C)C)ccc1N. The van der Waals surface area contributed by atoms with Crippen LogP contribution in [0.2, 0.25) is 0 Å². The molecule has 0 aromatic heterocycles. The summed E-state index contributed by atoms with van der Waals surface area (Å²) < 4.78 is 18.6. The van der Waals surface area contributed by atoms with Crippen molar-refractivity contribution in [3.63, 3.8) is 0 Å². The number of hydrogen-bond acceptors (Lipinski definition) is 4. The van der Waals surface area contributed by atoms with Crippen molar-refractivity contribution in [2.75, 3.05) is 23.0 Å². The third kappa shape index (κ3) is 5.67. The van der Waals surface area contributed by atoms with Gasteiger partial charge in [-0.3, -0.25) is 5.32 Å². The van der Waals surface area contributed by atoms with Crippen LogP contribution in [0.15, 0.2) is 42.5 Å². The summed E-state index contributed by atoms with van der Waals surface area (Å²) in [6.45, 7) is 5.88. The summed E-state index contributed by atoms with van der Waals surface area (Å²) in [6, 6.07) is 11.6. The van der Waals surface area contributed by atoms with E-state index in [2.05, 4.69) is 5.32 Å². The van der Waals surface area contributed by atoms with Crippen LogP contribution in [0.3, 0.4) is 0 Å². The van der Waals surface area contributed by atoms with Crippen molar-refractivity contribution >= 4 is 23.2 Å². The summed E-state index contributed by atoms with van der Waals surface area (Å²) in [6.07, 6.45) is -0.531. The minimum atomic E-state index is -0.575. The van der Waals surface area contributed by atoms with Crippen molar-refractivity contribution in [3.8, 4) is 0 Å². The number of nitrogens with two attached hydrogens (primary N) is 1. The highest BCUT2D eigenvalue weighted by Crippen LogP contribution is 2.27. The Morgan fingerprint density at radius 3 is 2.60 bits per heavy atom. The van der Waals surface area contributed by atoms with Gasteiger partial charge >= 0.3 is 6.09 Å². The van der Waals surface area contributed by atoms with Crippen LogP contribution in [0.25, 0.3) is 0 Å². The number of nitrogens with zero attached hydrogens (tertiary/aromatic N) is 1. The predicted octanol–water partition coefficient (Wildman–Crippen LogP) is 4.39. The van der Waals surface area contributed by atoms with E-state index in [1.807, 2.05) is 18.0 Å². The van der Waals surface area contributed by atoms with Gasteiger partial charge in [0, 0.05) is 19.3 Å². The van der Waals surface area contributed by atoms with Crippen molar-refractivity contribution in [3.05, 3.63) is 53.8 Å². The van der Waals surface area contributed by atoms with Crippen molar-refractivity contribution in [2.45, 2.75) is 32.9 Å². The van der Waals surface area contributed by atoms with Crippen LogP contribution in [0.4, 0.5) is 26.2 Å². The molecule has 0 heterocycles. The minimum absolute atomic E-state index is 0.279. The zero-order chi connectivity index (χ0) is 18.6. The molecule has 3 N–H and O–H groups in total. The first-order valence-corrected chi connectivity index (χ1v) is 7.99. The molecule has 5 nitrogen and oxygen atoms in total. The number of ether oxygens (including phenoxy) is 1. The van der Waals surface area contributed by atoms with Crippen molar-refractivity contribution < 1.29 is 13.9 Å². The maximum absolute atomic E-state index is 13.3. The number of hydrogen-bond donors (Lipinski definition) is 2. The topological polar surface area (TPSA) is 67.6 Å². The van der Waals surface area contributed by atoms with E-state index in [0.29, 0.717) is 17.9 Å². The van der Waals surface area contributed by atoms with Gasteiger partial charge in [-0.15, -0.1) is 0 Å². The molecule has 0 atom stereocenters. The molecule has 0 unspecified atom stereocenters. The molecule has 0 fully saturated rings. The Hall–Kier alpha value is -2.76. The fourth-order valence-corrected chi connectivity index (χ4v) is 2.37. The van der Waals surface area contributed by atoms with Crippen LogP contribution in [0, 0.1) is 5.82 Å². The van der Waals surface area contributed by atoms with Gasteiger partial charge in [0.1, 0.15) is 11.4 Å². The molecule has 0 saturated carbocycles. The second kappa shape index (κ2) is 7.42. The molecule has 1 amide bonds. The highest BCUT2D eigenvalue weighted by molar-refractivity contribution is 5.87. The largest absolute Gasteiger partial charge is 0.444 e. The summed E-state index contributed by atoms with van der Waals surface area (Å²) in [7, 11) is 1.86. The molecule has 2 rings (SSSR count). The van der Waals surface area contributed by atoms with Gasteiger partial charge in [0.25, 0.3) is 0 Å². The average Bonchev–Trinajstić information content (AvgIpc) is 2.47. The Morgan fingerprint density at radius 1 is 1.24 bits per heavy atom. The van der Waals surface area contributed by atoms with E-state index >= 15 is 0 Å². The van der Waals surface area contributed by atoms with E-state index in [9.17, 15) is 9.18 Å². The number of benzene rings is 2. The van der Waals surface area contributed by atoms with Gasteiger partial charge in [0.05, 0.1) is 11.4 Å². The lowest BCUT2D eigenvalue weighted by atomic mass is 10.1. The van der Waals surface area contributed by atoms with E-state index in [1.165, 1.54) is 12.1 Å². The molecule has 0 aliphatic rings. The number of carbonyl (C=O) groups is 1. The molecule has 0 aliphatic carbocycles. The van der Waals surface area contributed by atoms with E-state index in [0.717, 1.165) is 11.3 Å². The second-order valence-electron chi connectivity index (χ2n) is 6.89. The number of anilines is 3. The number of carbonyl (C=O) groups excluding carboxylic acids is 1. The predicted molar refractivity (Wildman–Crippen MR) is 99.2 cm³/mol. The summed E-state index contributed by atoms with van der Waals surface area (Å²) in [5.41, 5.74) is 8.17. The van der Waals surface area contributed by atoms with E-state index in [4.69, 9.17) is 10.5 Å². The summed E-state index contributed by atoms with van der Waals surface area (Å²) in [5.74, 6) is -0.279. The molecule has 25 heavy (non-hydrogen) atoms. The molecule has 0 saturated heterocycles. The molecule has 0 bridgehead atoms. The first kappa shape index (κ1) is 18.6. The van der Waals surface area contributed by atoms with Gasteiger partial charge in [-0.25, -0.2) is 9.18 Å². The average molecular weight is 345 g/mol. The third-order valence-electron chi connectivity index (χ3n) is 3.40. The van der Waals surface area contributed by atoms with Gasteiger partial charge < -0.3 is 15.4 Å². The van der Waals surface area contributed by atoms with Crippen LogP contribution < -0.4 is 16.0 Å². The van der Waals surface area contributed by atoms with Crippen LogP contribution in [0.1, 0.15) is 26.3 Å². The van der Waals surface area contributed by atoms with Gasteiger partial charge in [-0.05, 0) is 56.7 Å². The van der Waals surface area contributed by atoms with E-state index in [-0.39, 0.29) is 5.82 Å². The van der Waals surface area contributed by atoms with E-state index in [1.54, 1.807) is 45.0 Å². The number of nitrogens with one attached hydrogen (secondary N) is 1. The fraction of sp³-hybridized carbons (Fsp3) is 0.316. The Kier molecular flexibility index (Phi) is 5.51. The maximum atomic E-state index is 13.3. The van der Waals surface area contributed by atoms with Gasteiger partial charge in [0.2, 0.25) is 0 Å². The highest BCUT2D eigenvalue weighted by atomic mass is 19.1. The second-order valence-corrected chi connectivity index (χ2v) is 6.89. The zero-order valence-electron chi connectivity index (χ0n) is 15.0. The van der Waals surface area contributed by atoms with Crippen LogP contribution in [-0.2, 0) is 11.3 Å². The van der Waals surface area contributed by atoms with Crippen molar-refractivity contribution in [1.82, 2.24) is 0 Å².